The highest BCUT2D eigenvalue weighted by atomic mass is 19.4. The number of benzene rings is 1. The summed E-state index contributed by atoms with van der Waals surface area (Å²) in [5.41, 5.74) is -2.39. The van der Waals surface area contributed by atoms with Gasteiger partial charge in [-0.1, -0.05) is 0 Å². The lowest BCUT2D eigenvalue weighted by Gasteiger charge is -2.11. The molecule has 0 bridgehead atoms. The molecule has 0 saturated heterocycles. The van der Waals surface area contributed by atoms with Gasteiger partial charge in [-0.3, -0.25) is 4.79 Å². The van der Waals surface area contributed by atoms with Crippen molar-refractivity contribution in [2.45, 2.75) is 19.2 Å². The van der Waals surface area contributed by atoms with Crippen molar-refractivity contribution in [1.29, 1.82) is 0 Å². The van der Waals surface area contributed by atoms with Gasteiger partial charge in [-0.05, 0) is 12.1 Å². The SMILES string of the molecule is CC(F)(F)c1nc2cc(OC(F)(F)F)ccc2[nH]c1=O. The fraction of sp³-hybridized carbons (Fsp3) is 0.273. The van der Waals surface area contributed by atoms with Gasteiger partial charge in [0.05, 0.1) is 11.0 Å². The lowest BCUT2D eigenvalue weighted by Crippen LogP contribution is -2.24. The van der Waals surface area contributed by atoms with Gasteiger partial charge in [-0.2, -0.15) is 8.78 Å². The van der Waals surface area contributed by atoms with E-state index in [1.807, 2.05) is 0 Å². The zero-order chi connectivity index (χ0) is 15.1. The van der Waals surface area contributed by atoms with Crippen LogP contribution in [0.5, 0.6) is 5.75 Å². The van der Waals surface area contributed by atoms with Gasteiger partial charge in [-0.15, -0.1) is 13.2 Å². The maximum Gasteiger partial charge on any atom is 0.573 e. The lowest BCUT2D eigenvalue weighted by molar-refractivity contribution is -0.274. The van der Waals surface area contributed by atoms with Crippen LogP contribution in [0.2, 0.25) is 0 Å². The predicted octanol–water partition coefficient (Wildman–Crippen LogP) is 2.93. The van der Waals surface area contributed by atoms with E-state index in [0.29, 0.717) is 6.92 Å². The van der Waals surface area contributed by atoms with Crippen LogP contribution in [0.15, 0.2) is 23.0 Å². The van der Waals surface area contributed by atoms with Crippen LogP contribution in [-0.4, -0.2) is 16.3 Å². The van der Waals surface area contributed by atoms with E-state index in [9.17, 15) is 26.7 Å². The molecule has 1 N–H and O–H groups in total. The zero-order valence-electron chi connectivity index (χ0n) is 9.89. The van der Waals surface area contributed by atoms with Crippen molar-refractivity contribution < 1.29 is 26.7 Å². The van der Waals surface area contributed by atoms with Crippen molar-refractivity contribution in [2.24, 2.45) is 0 Å². The Morgan fingerprint density at radius 2 is 1.85 bits per heavy atom. The van der Waals surface area contributed by atoms with E-state index in [4.69, 9.17) is 0 Å². The van der Waals surface area contributed by atoms with Gasteiger partial charge in [0.1, 0.15) is 5.75 Å². The van der Waals surface area contributed by atoms with Crippen molar-refractivity contribution in [1.82, 2.24) is 9.97 Å². The molecule has 0 amide bonds. The summed E-state index contributed by atoms with van der Waals surface area (Å²) in [5, 5.41) is 0. The molecule has 0 aliphatic carbocycles. The molecule has 0 saturated carbocycles. The maximum absolute atomic E-state index is 13.1. The molecule has 2 rings (SSSR count). The second-order valence-electron chi connectivity index (χ2n) is 4.03. The summed E-state index contributed by atoms with van der Waals surface area (Å²) >= 11 is 0. The predicted molar refractivity (Wildman–Crippen MR) is 58.6 cm³/mol. The van der Waals surface area contributed by atoms with Gasteiger partial charge < -0.3 is 9.72 Å². The lowest BCUT2D eigenvalue weighted by atomic mass is 10.2. The summed E-state index contributed by atoms with van der Waals surface area (Å²) in [6.07, 6.45) is -4.91. The van der Waals surface area contributed by atoms with Crippen LogP contribution in [0.1, 0.15) is 12.6 Å². The van der Waals surface area contributed by atoms with Crippen LogP contribution in [0.3, 0.4) is 0 Å². The Kier molecular flexibility index (Phi) is 3.15. The van der Waals surface area contributed by atoms with Gasteiger partial charge in [0, 0.05) is 13.0 Å². The molecule has 2 aromatic rings. The van der Waals surface area contributed by atoms with E-state index in [0.717, 1.165) is 18.2 Å². The van der Waals surface area contributed by atoms with Crippen LogP contribution in [0, 0.1) is 0 Å². The molecule has 1 heterocycles. The smallest absolute Gasteiger partial charge is 0.406 e. The summed E-state index contributed by atoms with van der Waals surface area (Å²) in [5.74, 6) is -4.13. The third kappa shape index (κ3) is 3.03. The van der Waals surface area contributed by atoms with Gasteiger partial charge >= 0.3 is 6.36 Å². The number of alkyl halides is 5. The van der Waals surface area contributed by atoms with Crippen molar-refractivity contribution >= 4 is 11.0 Å². The first-order valence-electron chi connectivity index (χ1n) is 5.24. The fourth-order valence-corrected chi connectivity index (χ4v) is 1.56. The first-order valence-corrected chi connectivity index (χ1v) is 5.24. The second-order valence-corrected chi connectivity index (χ2v) is 4.03. The largest absolute Gasteiger partial charge is 0.573 e. The monoisotopic (exact) mass is 294 g/mol. The van der Waals surface area contributed by atoms with E-state index in [1.54, 1.807) is 0 Å². The average molecular weight is 294 g/mol. The van der Waals surface area contributed by atoms with E-state index >= 15 is 0 Å². The van der Waals surface area contributed by atoms with Gasteiger partial charge in [0.25, 0.3) is 11.5 Å². The molecule has 108 valence electrons. The molecule has 0 atom stereocenters. The minimum atomic E-state index is -4.91. The number of ether oxygens (including phenoxy) is 1. The van der Waals surface area contributed by atoms with E-state index in [-0.39, 0.29) is 11.0 Å². The zero-order valence-corrected chi connectivity index (χ0v) is 9.89. The highest BCUT2D eigenvalue weighted by molar-refractivity contribution is 5.75. The molecule has 1 aromatic heterocycles. The number of aromatic amines is 1. The number of H-pyrrole nitrogens is 1. The highest BCUT2D eigenvalue weighted by Crippen LogP contribution is 2.27. The molecule has 0 unspecified atom stereocenters. The Morgan fingerprint density at radius 1 is 1.20 bits per heavy atom. The summed E-state index contributed by atoms with van der Waals surface area (Å²) in [7, 11) is 0. The summed E-state index contributed by atoms with van der Waals surface area (Å²) in [6.45, 7) is 0.465. The highest BCUT2D eigenvalue weighted by Gasteiger charge is 2.32. The van der Waals surface area contributed by atoms with Crippen molar-refractivity contribution in [3.05, 3.63) is 34.2 Å². The minimum absolute atomic E-state index is 0.0255. The first kappa shape index (κ1) is 14.2. The number of nitrogens with zero attached hydrogens (tertiary/aromatic N) is 1. The third-order valence-corrected chi connectivity index (χ3v) is 2.31. The Labute approximate surface area is 108 Å². The molecule has 0 radical (unpaired) electrons. The molecule has 0 fully saturated rings. The topological polar surface area (TPSA) is 55.0 Å². The fourth-order valence-electron chi connectivity index (χ4n) is 1.56. The molecule has 0 aliphatic rings. The summed E-state index contributed by atoms with van der Waals surface area (Å²) < 4.78 is 66.0. The number of aromatic nitrogens is 2. The van der Waals surface area contributed by atoms with Gasteiger partial charge in [-0.25, -0.2) is 4.98 Å². The van der Waals surface area contributed by atoms with Crippen LogP contribution in [0.4, 0.5) is 22.0 Å². The molecule has 20 heavy (non-hydrogen) atoms. The number of hydrogen-bond acceptors (Lipinski definition) is 3. The van der Waals surface area contributed by atoms with Crippen LogP contribution in [0.25, 0.3) is 11.0 Å². The quantitative estimate of drug-likeness (QED) is 0.866. The minimum Gasteiger partial charge on any atom is -0.406 e. The second kappa shape index (κ2) is 4.43. The third-order valence-electron chi connectivity index (χ3n) is 2.31. The van der Waals surface area contributed by atoms with Crippen LogP contribution < -0.4 is 10.3 Å². The van der Waals surface area contributed by atoms with Crippen molar-refractivity contribution in [2.75, 3.05) is 0 Å². The normalized spacial score (nSPS) is 12.7. The van der Waals surface area contributed by atoms with Crippen LogP contribution in [-0.2, 0) is 5.92 Å². The first-order chi connectivity index (χ1) is 9.06. The van der Waals surface area contributed by atoms with Crippen molar-refractivity contribution in [3.63, 3.8) is 0 Å². The molecule has 0 spiro atoms. The Hall–Kier alpha value is -2.19. The number of hydrogen-bond donors (Lipinski definition) is 1. The number of nitrogens with one attached hydrogen (secondary N) is 1. The standard InChI is InChI=1S/C11H7F5N2O2/c1-10(12,13)8-9(19)18-6-3-2-5(4-7(6)17-8)20-11(14,15)16/h2-4H,1H3,(H,18,19). The van der Waals surface area contributed by atoms with Crippen molar-refractivity contribution in [3.8, 4) is 5.75 Å². The van der Waals surface area contributed by atoms with Gasteiger partial charge in [0.2, 0.25) is 0 Å². The number of halogens is 5. The molecular formula is C11H7F5N2O2. The molecule has 4 nitrogen and oxygen atoms in total. The molecular weight excluding hydrogens is 287 g/mol. The Morgan fingerprint density at radius 3 is 2.40 bits per heavy atom. The number of rotatable bonds is 2. The maximum atomic E-state index is 13.1. The average Bonchev–Trinajstić information content (AvgIpc) is 2.25. The van der Waals surface area contributed by atoms with Gasteiger partial charge in [0.15, 0.2) is 5.69 Å². The Bertz CT molecular complexity index is 702. The Balaban J connectivity index is 2.57. The molecule has 0 aliphatic heterocycles. The summed E-state index contributed by atoms with van der Waals surface area (Å²) in [4.78, 5) is 16.9. The van der Waals surface area contributed by atoms with E-state index in [1.165, 1.54) is 0 Å². The molecule has 9 heteroatoms. The van der Waals surface area contributed by atoms with E-state index < -0.39 is 29.3 Å². The number of fused-ring (bicyclic) bond motifs is 1. The van der Waals surface area contributed by atoms with E-state index in [2.05, 4.69) is 14.7 Å². The van der Waals surface area contributed by atoms with Crippen LogP contribution >= 0.6 is 0 Å². The molecule has 1 aromatic carbocycles. The summed E-state index contributed by atoms with van der Waals surface area (Å²) in [6, 6.07) is 2.84.